The third-order valence-electron chi connectivity index (χ3n) is 6.26. The van der Waals surface area contributed by atoms with Gasteiger partial charge >= 0.3 is 0 Å². The zero-order chi connectivity index (χ0) is 20.9. The van der Waals surface area contributed by atoms with E-state index in [1.807, 2.05) is 32.2 Å². The Morgan fingerprint density at radius 3 is 2.53 bits per heavy atom. The van der Waals surface area contributed by atoms with Crippen molar-refractivity contribution in [3.05, 3.63) is 36.2 Å². The molecule has 0 bridgehead atoms. The monoisotopic (exact) mass is 409 g/mol. The predicted molar refractivity (Wildman–Crippen MR) is 121 cm³/mol. The van der Waals surface area contributed by atoms with Crippen molar-refractivity contribution in [2.24, 2.45) is 11.8 Å². The van der Waals surface area contributed by atoms with Gasteiger partial charge in [-0.15, -0.1) is 0 Å². The van der Waals surface area contributed by atoms with Crippen molar-refractivity contribution in [1.82, 2.24) is 9.97 Å². The maximum Gasteiger partial charge on any atom is 0.223 e. The second kappa shape index (κ2) is 9.78. The lowest BCUT2D eigenvalue weighted by Crippen LogP contribution is -2.26. The molecule has 1 atom stereocenters. The summed E-state index contributed by atoms with van der Waals surface area (Å²) >= 11 is 0. The lowest BCUT2D eigenvalue weighted by molar-refractivity contribution is 0.185. The van der Waals surface area contributed by atoms with Crippen molar-refractivity contribution in [2.45, 2.75) is 71.4 Å². The second-order valence-corrected chi connectivity index (χ2v) is 9.28. The molecule has 1 unspecified atom stereocenters. The number of hydrogen-bond acceptors (Lipinski definition) is 5. The topological polar surface area (TPSA) is 56.3 Å². The third-order valence-corrected chi connectivity index (χ3v) is 6.26. The fourth-order valence-electron chi connectivity index (χ4n) is 4.47. The van der Waals surface area contributed by atoms with Crippen molar-refractivity contribution < 1.29 is 9.47 Å². The van der Waals surface area contributed by atoms with E-state index in [9.17, 15) is 0 Å². The number of nitrogens with zero attached hydrogens (tertiary/aromatic N) is 2. The van der Waals surface area contributed by atoms with E-state index in [2.05, 4.69) is 29.4 Å². The Morgan fingerprint density at radius 2 is 1.87 bits per heavy atom. The zero-order valence-electron chi connectivity index (χ0n) is 18.6. The number of aromatic nitrogens is 2. The van der Waals surface area contributed by atoms with Gasteiger partial charge in [-0.1, -0.05) is 19.1 Å². The third kappa shape index (κ3) is 5.51. The van der Waals surface area contributed by atoms with Crippen LogP contribution in [0.15, 0.2) is 30.5 Å². The number of ether oxygens (including phenoxy) is 2. The summed E-state index contributed by atoms with van der Waals surface area (Å²) in [4.78, 5) is 9.68. The minimum Gasteiger partial charge on any atom is -0.491 e. The average molecular weight is 410 g/mol. The summed E-state index contributed by atoms with van der Waals surface area (Å²) < 4.78 is 11.4. The average Bonchev–Trinajstić information content (AvgIpc) is 3.23. The molecule has 1 saturated carbocycles. The van der Waals surface area contributed by atoms with Gasteiger partial charge in [-0.3, -0.25) is 0 Å². The van der Waals surface area contributed by atoms with E-state index < -0.39 is 0 Å². The molecule has 1 aliphatic heterocycles. The Balaban J connectivity index is 1.55. The quantitative estimate of drug-likeness (QED) is 0.654. The molecule has 162 valence electrons. The number of nitrogens with one attached hydrogen (secondary N) is 1. The molecule has 1 saturated heterocycles. The molecule has 5 nitrogen and oxygen atoms in total. The van der Waals surface area contributed by atoms with Gasteiger partial charge in [0, 0.05) is 31.0 Å². The molecule has 1 aromatic carbocycles. The van der Waals surface area contributed by atoms with E-state index in [0.29, 0.717) is 12.0 Å². The summed E-state index contributed by atoms with van der Waals surface area (Å²) in [7, 11) is 0. The summed E-state index contributed by atoms with van der Waals surface area (Å²) in [5, 5.41) is 3.60. The zero-order valence-corrected chi connectivity index (χ0v) is 18.6. The van der Waals surface area contributed by atoms with Crippen LogP contribution in [-0.4, -0.2) is 35.3 Å². The van der Waals surface area contributed by atoms with E-state index in [1.165, 1.54) is 25.7 Å². The van der Waals surface area contributed by atoms with Gasteiger partial charge in [0.2, 0.25) is 5.95 Å². The first-order chi connectivity index (χ1) is 14.6. The van der Waals surface area contributed by atoms with Gasteiger partial charge in [0.25, 0.3) is 0 Å². The molecule has 2 heterocycles. The van der Waals surface area contributed by atoms with E-state index in [4.69, 9.17) is 14.5 Å². The van der Waals surface area contributed by atoms with Gasteiger partial charge in [0.1, 0.15) is 5.75 Å². The van der Waals surface area contributed by atoms with Crippen LogP contribution >= 0.6 is 0 Å². The molecule has 2 aliphatic rings. The van der Waals surface area contributed by atoms with Gasteiger partial charge in [-0.05, 0) is 81.9 Å². The number of benzene rings is 1. The highest BCUT2D eigenvalue weighted by Crippen LogP contribution is 2.30. The van der Waals surface area contributed by atoms with Crippen LogP contribution < -0.4 is 10.1 Å². The maximum absolute atomic E-state index is 5.80. The van der Waals surface area contributed by atoms with Crippen LogP contribution in [-0.2, 0) is 11.2 Å². The lowest BCUT2D eigenvalue weighted by atomic mass is 9.87. The van der Waals surface area contributed by atoms with Crippen LogP contribution in [0, 0.1) is 11.8 Å². The molecule has 1 N–H and O–H groups in total. The largest absolute Gasteiger partial charge is 0.491 e. The van der Waals surface area contributed by atoms with Crippen molar-refractivity contribution in [1.29, 1.82) is 0 Å². The van der Waals surface area contributed by atoms with Crippen LogP contribution in [0.2, 0.25) is 0 Å². The second-order valence-electron chi connectivity index (χ2n) is 9.28. The number of rotatable bonds is 7. The van der Waals surface area contributed by atoms with Crippen LogP contribution in [0.25, 0.3) is 11.1 Å². The highest BCUT2D eigenvalue weighted by atomic mass is 16.5. The molecule has 0 amide bonds. The summed E-state index contributed by atoms with van der Waals surface area (Å²) in [6, 6.07) is 8.78. The van der Waals surface area contributed by atoms with E-state index in [0.717, 1.165) is 60.5 Å². The molecular weight excluding hydrogens is 374 g/mol. The molecule has 0 spiro atoms. The Hall–Kier alpha value is -2.14. The molecule has 2 fully saturated rings. The van der Waals surface area contributed by atoms with E-state index in [-0.39, 0.29) is 6.10 Å². The summed E-state index contributed by atoms with van der Waals surface area (Å²) in [6.45, 7) is 8.12. The summed E-state index contributed by atoms with van der Waals surface area (Å²) in [5.41, 5.74) is 3.36. The summed E-state index contributed by atoms with van der Waals surface area (Å²) in [5.74, 6) is 3.04. The van der Waals surface area contributed by atoms with Crippen LogP contribution in [0.5, 0.6) is 5.75 Å². The van der Waals surface area contributed by atoms with Crippen molar-refractivity contribution in [2.75, 3.05) is 18.5 Å². The fourth-order valence-corrected chi connectivity index (χ4v) is 4.47. The molecule has 5 heteroatoms. The maximum atomic E-state index is 5.80. The molecule has 4 rings (SSSR count). The van der Waals surface area contributed by atoms with Crippen LogP contribution in [0.3, 0.4) is 0 Å². The Kier molecular flexibility index (Phi) is 6.88. The highest BCUT2D eigenvalue weighted by Gasteiger charge is 2.22. The van der Waals surface area contributed by atoms with Crippen LogP contribution in [0.1, 0.15) is 58.6 Å². The van der Waals surface area contributed by atoms with E-state index in [1.54, 1.807) is 0 Å². The Labute approximate surface area is 180 Å². The first-order valence-corrected chi connectivity index (χ1v) is 11.5. The highest BCUT2D eigenvalue weighted by molar-refractivity contribution is 5.66. The van der Waals surface area contributed by atoms with Crippen LogP contribution in [0.4, 0.5) is 5.95 Å². The van der Waals surface area contributed by atoms with Gasteiger partial charge in [-0.25, -0.2) is 9.97 Å². The number of anilines is 1. The Bertz CT molecular complexity index is 808. The van der Waals surface area contributed by atoms with Gasteiger partial charge < -0.3 is 14.8 Å². The molecular formula is C25H35N3O2. The minimum atomic E-state index is 0.172. The van der Waals surface area contributed by atoms with Crippen molar-refractivity contribution >= 4 is 5.95 Å². The molecule has 0 radical (unpaired) electrons. The smallest absolute Gasteiger partial charge is 0.223 e. The normalized spacial score (nSPS) is 24.2. The number of hydrogen-bond donors (Lipinski definition) is 1. The van der Waals surface area contributed by atoms with Gasteiger partial charge in [0.15, 0.2) is 0 Å². The summed E-state index contributed by atoms with van der Waals surface area (Å²) in [6.07, 6.45) is 9.17. The molecule has 30 heavy (non-hydrogen) atoms. The first-order valence-electron chi connectivity index (χ1n) is 11.5. The van der Waals surface area contributed by atoms with Crippen molar-refractivity contribution in [3.63, 3.8) is 0 Å². The Morgan fingerprint density at radius 1 is 1.10 bits per heavy atom. The lowest BCUT2D eigenvalue weighted by Gasteiger charge is -2.27. The molecule has 1 aliphatic carbocycles. The molecule has 1 aromatic heterocycles. The van der Waals surface area contributed by atoms with Gasteiger partial charge in [-0.2, -0.15) is 0 Å². The predicted octanol–water partition coefficient (Wildman–Crippen LogP) is 5.50. The van der Waals surface area contributed by atoms with Crippen molar-refractivity contribution in [3.8, 4) is 16.9 Å². The SMILES string of the molecule is CC1CCC(Nc2ncc(-c3ccc(OC(C)C)cc3)c(CC3CCOC3)n2)CC1. The fraction of sp³-hybridized carbons (Fsp3) is 0.600. The van der Waals surface area contributed by atoms with E-state index >= 15 is 0 Å². The minimum absolute atomic E-state index is 0.172. The molecule has 2 aromatic rings. The van der Waals surface area contributed by atoms with Gasteiger partial charge in [0.05, 0.1) is 11.8 Å². The standard InChI is InChI=1S/C25H35N3O2/c1-17(2)30-22-10-6-20(7-11-22)23-15-26-25(27-21-8-4-18(3)5-9-21)28-24(23)14-19-12-13-29-16-19/h6-7,10-11,15,17-19,21H,4-5,8-9,12-14,16H2,1-3H3,(H,26,27,28). The first kappa shape index (κ1) is 21.1.